The van der Waals surface area contributed by atoms with Gasteiger partial charge in [0.25, 0.3) is 5.91 Å². The van der Waals surface area contributed by atoms with Gasteiger partial charge < -0.3 is 0 Å². The van der Waals surface area contributed by atoms with E-state index in [1.165, 1.54) is 11.3 Å². The van der Waals surface area contributed by atoms with Gasteiger partial charge in [-0.3, -0.25) is 10.1 Å². The van der Waals surface area contributed by atoms with Crippen molar-refractivity contribution in [3.8, 4) is 0 Å². The SMILES string of the molecule is O=C(Nc1ncc(Cc2cccc(Cl)c2)s1)c1ccccc1Cl. The van der Waals surface area contributed by atoms with Crippen LogP contribution in [0.3, 0.4) is 0 Å². The minimum atomic E-state index is -0.265. The Morgan fingerprint density at radius 1 is 1.13 bits per heavy atom. The van der Waals surface area contributed by atoms with E-state index in [0.717, 1.165) is 16.9 Å². The van der Waals surface area contributed by atoms with Gasteiger partial charge in [-0.05, 0) is 29.8 Å². The fourth-order valence-electron chi connectivity index (χ4n) is 2.10. The summed E-state index contributed by atoms with van der Waals surface area (Å²) < 4.78 is 0. The molecule has 0 fully saturated rings. The fraction of sp³-hybridized carbons (Fsp3) is 0.0588. The van der Waals surface area contributed by atoms with Crippen molar-refractivity contribution in [1.29, 1.82) is 0 Å². The number of amides is 1. The zero-order valence-electron chi connectivity index (χ0n) is 11.9. The van der Waals surface area contributed by atoms with Gasteiger partial charge in [-0.2, -0.15) is 0 Å². The molecule has 0 unspecified atom stereocenters. The standard InChI is InChI=1S/C17H12Cl2N2OS/c18-12-5-3-4-11(8-12)9-13-10-20-17(23-13)21-16(22)14-6-1-2-7-15(14)19/h1-8,10H,9H2,(H,20,21,22). The molecule has 0 saturated carbocycles. The van der Waals surface area contributed by atoms with E-state index in [4.69, 9.17) is 23.2 Å². The third kappa shape index (κ3) is 4.10. The Kier molecular flexibility index (Phi) is 4.96. The molecule has 3 nitrogen and oxygen atoms in total. The van der Waals surface area contributed by atoms with Crippen LogP contribution in [0, 0.1) is 0 Å². The van der Waals surface area contributed by atoms with Gasteiger partial charge in [0.05, 0.1) is 10.6 Å². The molecule has 0 bridgehead atoms. The predicted molar refractivity (Wildman–Crippen MR) is 95.8 cm³/mol. The third-order valence-corrected chi connectivity index (χ3v) is 4.64. The molecular weight excluding hydrogens is 351 g/mol. The quantitative estimate of drug-likeness (QED) is 0.684. The largest absolute Gasteiger partial charge is 0.298 e. The Hall–Kier alpha value is -1.88. The highest BCUT2D eigenvalue weighted by molar-refractivity contribution is 7.15. The van der Waals surface area contributed by atoms with Crippen molar-refractivity contribution in [3.05, 3.63) is 80.8 Å². The Bertz CT molecular complexity index is 848. The van der Waals surface area contributed by atoms with Gasteiger partial charge in [0.1, 0.15) is 0 Å². The summed E-state index contributed by atoms with van der Waals surface area (Å²) in [6, 6.07) is 14.6. The maximum Gasteiger partial charge on any atom is 0.258 e. The number of hydrogen-bond donors (Lipinski definition) is 1. The minimum Gasteiger partial charge on any atom is -0.298 e. The molecule has 0 aliphatic heterocycles. The monoisotopic (exact) mass is 362 g/mol. The summed E-state index contributed by atoms with van der Waals surface area (Å²) in [5.74, 6) is -0.265. The summed E-state index contributed by atoms with van der Waals surface area (Å²) in [7, 11) is 0. The number of aromatic nitrogens is 1. The maximum absolute atomic E-state index is 12.2. The highest BCUT2D eigenvalue weighted by Gasteiger charge is 2.12. The molecule has 3 rings (SSSR count). The minimum absolute atomic E-state index is 0.265. The molecule has 0 atom stereocenters. The van der Waals surface area contributed by atoms with Gasteiger partial charge >= 0.3 is 0 Å². The lowest BCUT2D eigenvalue weighted by atomic mass is 10.1. The number of nitrogens with one attached hydrogen (secondary N) is 1. The van der Waals surface area contributed by atoms with E-state index in [0.29, 0.717) is 20.7 Å². The number of hydrogen-bond acceptors (Lipinski definition) is 3. The van der Waals surface area contributed by atoms with E-state index in [-0.39, 0.29) is 5.91 Å². The molecule has 0 spiro atoms. The first-order valence-corrected chi connectivity index (χ1v) is 8.44. The highest BCUT2D eigenvalue weighted by Crippen LogP contribution is 2.24. The van der Waals surface area contributed by atoms with Crippen molar-refractivity contribution >= 4 is 45.6 Å². The summed E-state index contributed by atoms with van der Waals surface area (Å²) in [6.45, 7) is 0. The van der Waals surface area contributed by atoms with Crippen molar-refractivity contribution in [2.45, 2.75) is 6.42 Å². The average molecular weight is 363 g/mol. The van der Waals surface area contributed by atoms with E-state index < -0.39 is 0 Å². The molecule has 1 heterocycles. The zero-order valence-corrected chi connectivity index (χ0v) is 14.3. The Balaban J connectivity index is 1.70. The molecule has 0 radical (unpaired) electrons. The second-order valence-corrected chi connectivity index (χ2v) is 6.83. The van der Waals surface area contributed by atoms with Crippen LogP contribution in [0.25, 0.3) is 0 Å². The number of carbonyl (C=O) groups excluding carboxylic acids is 1. The van der Waals surface area contributed by atoms with Gasteiger partial charge in [-0.25, -0.2) is 4.98 Å². The number of benzene rings is 2. The van der Waals surface area contributed by atoms with Gasteiger partial charge in [-0.1, -0.05) is 47.5 Å². The second kappa shape index (κ2) is 7.13. The van der Waals surface area contributed by atoms with E-state index >= 15 is 0 Å². The van der Waals surface area contributed by atoms with Crippen LogP contribution in [-0.4, -0.2) is 10.9 Å². The number of halogens is 2. The topological polar surface area (TPSA) is 42.0 Å². The van der Waals surface area contributed by atoms with Crippen LogP contribution < -0.4 is 5.32 Å². The lowest BCUT2D eigenvalue weighted by Crippen LogP contribution is -2.11. The van der Waals surface area contributed by atoms with Gasteiger partial charge in [0.2, 0.25) is 0 Å². The number of thiazole rings is 1. The number of anilines is 1. The second-order valence-electron chi connectivity index (χ2n) is 4.87. The summed E-state index contributed by atoms with van der Waals surface area (Å²) in [6.07, 6.45) is 2.48. The smallest absolute Gasteiger partial charge is 0.258 e. The molecule has 6 heteroatoms. The molecule has 1 amide bonds. The van der Waals surface area contributed by atoms with Gasteiger partial charge in [-0.15, -0.1) is 11.3 Å². The van der Waals surface area contributed by atoms with Crippen molar-refractivity contribution in [1.82, 2.24) is 4.98 Å². The van der Waals surface area contributed by atoms with E-state index in [1.807, 2.05) is 24.3 Å². The van der Waals surface area contributed by atoms with Crippen molar-refractivity contribution in [2.24, 2.45) is 0 Å². The summed E-state index contributed by atoms with van der Waals surface area (Å²) in [5.41, 5.74) is 1.53. The molecule has 0 saturated heterocycles. The molecule has 116 valence electrons. The van der Waals surface area contributed by atoms with Crippen LogP contribution in [0.4, 0.5) is 5.13 Å². The van der Waals surface area contributed by atoms with Crippen LogP contribution in [-0.2, 0) is 6.42 Å². The zero-order chi connectivity index (χ0) is 16.2. The molecule has 23 heavy (non-hydrogen) atoms. The Labute approximate surface area is 147 Å². The number of rotatable bonds is 4. The van der Waals surface area contributed by atoms with E-state index in [2.05, 4.69) is 10.3 Å². The number of nitrogens with zero attached hydrogens (tertiary/aromatic N) is 1. The van der Waals surface area contributed by atoms with Crippen molar-refractivity contribution in [2.75, 3.05) is 5.32 Å². The lowest BCUT2D eigenvalue weighted by molar-refractivity contribution is 0.102. The third-order valence-electron chi connectivity index (χ3n) is 3.16. The molecule has 0 aliphatic rings. The van der Waals surface area contributed by atoms with Crippen LogP contribution in [0.5, 0.6) is 0 Å². The Morgan fingerprint density at radius 3 is 2.74 bits per heavy atom. The molecule has 1 aromatic heterocycles. The van der Waals surface area contributed by atoms with Crippen LogP contribution in [0.1, 0.15) is 20.8 Å². The summed E-state index contributed by atoms with van der Waals surface area (Å²) in [5, 5.41) is 4.45. The molecule has 2 aromatic carbocycles. The molecule has 0 aliphatic carbocycles. The normalized spacial score (nSPS) is 10.5. The fourth-order valence-corrected chi connectivity index (χ4v) is 3.38. The Morgan fingerprint density at radius 2 is 1.96 bits per heavy atom. The first kappa shape index (κ1) is 16.0. The lowest BCUT2D eigenvalue weighted by Gasteiger charge is -2.03. The first-order chi connectivity index (χ1) is 11.1. The summed E-state index contributed by atoms with van der Waals surface area (Å²) >= 11 is 13.4. The maximum atomic E-state index is 12.2. The van der Waals surface area contributed by atoms with Crippen molar-refractivity contribution < 1.29 is 4.79 Å². The number of carbonyl (C=O) groups is 1. The molecular formula is C17H12Cl2N2OS. The van der Waals surface area contributed by atoms with Crippen LogP contribution >= 0.6 is 34.5 Å². The highest BCUT2D eigenvalue weighted by atomic mass is 35.5. The van der Waals surface area contributed by atoms with Gasteiger partial charge in [0.15, 0.2) is 5.13 Å². The molecule has 1 N–H and O–H groups in total. The first-order valence-electron chi connectivity index (χ1n) is 6.87. The predicted octanol–water partition coefficient (Wildman–Crippen LogP) is 5.29. The van der Waals surface area contributed by atoms with Crippen LogP contribution in [0.2, 0.25) is 10.0 Å². The van der Waals surface area contributed by atoms with Crippen molar-refractivity contribution in [3.63, 3.8) is 0 Å². The van der Waals surface area contributed by atoms with E-state index in [1.54, 1.807) is 30.5 Å². The van der Waals surface area contributed by atoms with E-state index in [9.17, 15) is 4.79 Å². The average Bonchev–Trinajstić information content (AvgIpc) is 2.94. The summed E-state index contributed by atoms with van der Waals surface area (Å²) in [4.78, 5) is 17.5. The van der Waals surface area contributed by atoms with Gasteiger partial charge in [0, 0.05) is 22.5 Å². The van der Waals surface area contributed by atoms with Crippen LogP contribution in [0.15, 0.2) is 54.7 Å². The molecule has 3 aromatic rings.